The molecule has 2 saturated carbocycles. The molecule has 0 aliphatic heterocycles. The van der Waals surface area contributed by atoms with Gasteiger partial charge in [-0.05, 0) is 38.1 Å². The number of hydrogen-bond donors (Lipinski definition) is 3. The summed E-state index contributed by atoms with van der Waals surface area (Å²) in [7, 11) is 0. The lowest BCUT2D eigenvalue weighted by atomic mass is 9.95. The quantitative estimate of drug-likeness (QED) is 0.711. The van der Waals surface area contributed by atoms with Crippen molar-refractivity contribution in [3.8, 4) is 0 Å². The fraction of sp³-hybridized carbons (Fsp3) is 0.667. The molecule has 0 radical (unpaired) electrons. The zero-order chi connectivity index (χ0) is 15.5. The van der Waals surface area contributed by atoms with E-state index in [0.717, 1.165) is 32.1 Å². The van der Waals surface area contributed by atoms with Gasteiger partial charge in [-0.1, -0.05) is 6.42 Å². The minimum atomic E-state index is -0.0394. The molecule has 0 spiro atoms. The zero-order valence-corrected chi connectivity index (χ0v) is 12.6. The van der Waals surface area contributed by atoms with Gasteiger partial charge in [-0.15, -0.1) is 0 Å². The Kier molecular flexibility index (Phi) is 4.42. The first-order valence-corrected chi connectivity index (χ1v) is 7.98. The molecule has 1 heterocycles. The summed E-state index contributed by atoms with van der Waals surface area (Å²) in [6.07, 6.45) is 8.37. The van der Waals surface area contributed by atoms with E-state index in [1.807, 2.05) is 0 Å². The molecule has 7 nitrogen and oxygen atoms in total. The van der Waals surface area contributed by atoms with Crippen molar-refractivity contribution in [2.24, 2.45) is 17.6 Å². The van der Waals surface area contributed by atoms with E-state index in [1.165, 1.54) is 0 Å². The first-order valence-electron chi connectivity index (χ1n) is 7.98. The van der Waals surface area contributed by atoms with Crippen LogP contribution < -0.4 is 16.4 Å². The summed E-state index contributed by atoms with van der Waals surface area (Å²) in [5.41, 5.74) is 6.35. The van der Waals surface area contributed by atoms with Crippen LogP contribution in [0, 0.1) is 11.8 Å². The number of aromatic nitrogens is 2. The summed E-state index contributed by atoms with van der Waals surface area (Å²) >= 11 is 0. The molecule has 22 heavy (non-hydrogen) atoms. The maximum Gasteiger partial charge on any atom is 0.241 e. The smallest absolute Gasteiger partial charge is 0.241 e. The molecule has 1 aromatic rings. The van der Waals surface area contributed by atoms with Crippen molar-refractivity contribution >= 4 is 17.5 Å². The van der Waals surface area contributed by atoms with Crippen molar-refractivity contribution in [3.63, 3.8) is 0 Å². The van der Waals surface area contributed by atoms with Crippen molar-refractivity contribution in [2.45, 2.75) is 44.7 Å². The van der Waals surface area contributed by atoms with Crippen LogP contribution in [0.5, 0.6) is 0 Å². The topological polar surface area (TPSA) is 102 Å². The van der Waals surface area contributed by atoms with Gasteiger partial charge in [0.05, 0.1) is 11.9 Å². The third-order valence-electron chi connectivity index (χ3n) is 4.45. The number of hydrogen-bond acceptors (Lipinski definition) is 4. The van der Waals surface area contributed by atoms with E-state index >= 15 is 0 Å². The van der Waals surface area contributed by atoms with Crippen molar-refractivity contribution in [1.82, 2.24) is 15.1 Å². The highest BCUT2D eigenvalue weighted by atomic mass is 16.2. The number of carbonyl (C=O) groups is 2. The molecule has 0 aromatic carbocycles. The fourth-order valence-electron chi connectivity index (χ4n) is 3.06. The predicted molar refractivity (Wildman–Crippen MR) is 81.9 cm³/mol. The Labute approximate surface area is 129 Å². The van der Waals surface area contributed by atoms with Gasteiger partial charge in [0, 0.05) is 18.2 Å². The van der Waals surface area contributed by atoms with Gasteiger partial charge >= 0.3 is 0 Å². The Morgan fingerprint density at radius 3 is 2.86 bits per heavy atom. The maximum atomic E-state index is 12.3. The minimum Gasteiger partial charge on any atom is -0.352 e. The fourth-order valence-corrected chi connectivity index (χ4v) is 3.06. The molecule has 2 amide bonds. The highest BCUT2D eigenvalue weighted by Gasteiger charge is 2.32. The van der Waals surface area contributed by atoms with Crippen molar-refractivity contribution in [3.05, 3.63) is 12.4 Å². The molecule has 0 unspecified atom stereocenters. The lowest BCUT2D eigenvalue weighted by molar-refractivity contribution is -0.122. The number of nitrogens with zero attached hydrogens (tertiary/aromatic N) is 2. The zero-order valence-electron chi connectivity index (χ0n) is 12.6. The van der Waals surface area contributed by atoms with Crippen LogP contribution in [-0.2, 0) is 16.1 Å². The van der Waals surface area contributed by atoms with Crippen LogP contribution in [-0.4, -0.2) is 34.2 Å². The Morgan fingerprint density at radius 2 is 2.14 bits per heavy atom. The first-order chi connectivity index (χ1) is 10.7. The molecule has 2 atom stereocenters. The molecule has 120 valence electrons. The standard InChI is InChI=1S/C15H23N5O2/c16-6-10-2-1-3-13(10)15(22)19-12-7-17-20(8-12)9-14(21)18-11-4-5-11/h7-8,10-11,13H,1-6,9,16H2,(H,18,21)(H,19,22)/t10-,13-/m1/s1. The largest absolute Gasteiger partial charge is 0.352 e. The molecule has 2 aliphatic carbocycles. The predicted octanol–water partition coefficient (Wildman–Crippen LogP) is 0.475. The van der Waals surface area contributed by atoms with Gasteiger partial charge in [-0.2, -0.15) is 5.10 Å². The summed E-state index contributed by atoms with van der Waals surface area (Å²) in [4.78, 5) is 24.0. The molecule has 2 fully saturated rings. The second-order valence-electron chi connectivity index (χ2n) is 6.29. The van der Waals surface area contributed by atoms with Gasteiger partial charge in [-0.3, -0.25) is 14.3 Å². The van der Waals surface area contributed by atoms with Gasteiger partial charge < -0.3 is 16.4 Å². The summed E-state index contributed by atoms with van der Waals surface area (Å²) < 4.78 is 1.54. The summed E-state index contributed by atoms with van der Waals surface area (Å²) in [6, 6.07) is 0.345. The monoisotopic (exact) mass is 305 g/mol. The van der Waals surface area contributed by atoms with Gasteiger partial charge in [0.15, 0.2) is 0 Å². The Balaban J connectivity index is 1.52. The van der Waals surface area contributed by atoms with Gasteiger partial charge in [0.25, 0.3) is 0 Å². The van der Waals surface area contributed by atoms with Crippen LogP contribution in [0.15, 0.2) is 12.4 Å². The first kappa shape index (κ1) is 15.0. The van der Waals surface area contributed by atoms with Crippen LogP contribution in [0.4, 0.5) is 5.69 Å². The molecule has 0 bridgehead atoms. The highest BCUT2D eigenvalue weighted by molar-refractivity contribution is 5.92. The SMILES string of the molecule is NC[C@H]1CCC[C@H]1C(=O)Nc1cnn(CC(=O)NC2CC2)c1. The van der Waals surface area contributed by atoms with E-state index in [1.54, 1.807) is 17.1 Å². The molecule has 0 saturated heterocycles. The highest BCUT2D eigenvalue weighted by Crippen LogP contribution is 2.31. The van der Waals surface area contributed by atoms with E-state index < -0.39 is 0 Å². The minimum absolute atomic E-state index is 0.00786. The van der Waals surface area contributed by atoms with Crippen molar-refractivity contribution < 1.29 is 9.59 Å². The molecule has 1 aromatic heterocycles. The maximum absolute atomic E-state index is 12.3. The van der Waals surface area contributed by atoms with E-state index in [9.17, 15) is 9.59 Å². The van der Waals surface area contributed by atoms with E-state index in [2.05, 4.69) is 15.7 Å². The van der Waals surface area contributed by atoms with Gasteiger partial charge in [0.1, 0.15) is 6.54 Å². The Morgan fingerprint density at radius 1 is 1.32 bits per heavy atom. The molecule has 7 heteroatoms. The third-order valence-corrected chi connectivity index (χ3v) is 4.45. The number of carbonyl (C=O) groups excluding carboxylic acids is 2. The van der Waals surface area contributed by atoms with E-state index in [4.69, 9.17) is 5.73 Å². The van der Waals surface area contributed by atoms with Gasteiger partial charge in [-0.25, -0.2) is 0 Å². The molecule has 3 rings (SSSR count). The number of anilines is 1. The number of amides is 2. The summed E-state index contributed by atoms with van der Waals surface area (Å²) in [5.74, 6) is 0.239. The number of rotatable bonds is 6. The summed E-state index contributed by atoms with van der Waals surface area (Å²) in [5, 5.41) is 9.91. The van der Waals surface area contributed by atoms with E-state index in [0.29, 0.717) is 18.3 Å². The average Bonchev–Trinajstić information content (AvgIpc) is 3.01. The van der Waals surface area contributed by atoms with Crippen LogP contribution in [0.3, 0.4) is 0 Å². The Bertz CT molecular complexity index is 552. The molecule has 4 N–H and O–H groups in total. The van der Waals surface area contributed by atoms with Gasteiger partial charge in [0.2, 0.25) is 11.8 Å². The normalized spacial score (nSPS) is 24.2. The lowest BCUT2D eigenvalue weighted by Crippen LogP contribution is -2.30. The molecular formula is C15H23N5O2. The summed E-state index contributed by atoms with van der Waals surface area (Å²) in [6.45, 7) is 0.736. The number of nitrogens with two attached hydrogens (primary N) is 1. The molecule has 2 aliphatic rings. The van der Waals surface area contributed by atoms with E-state index in [-0.39, 0.29) is 30.2 Å². The number of nitrogens with one attached hydrogen (secondary N) is 2. The lowest BCUT2D eigenvalue weighted by Gasteiger charge is -2.16. The van der Waals surface area contributed by atoms with Crippen molar-refractivity contribution in [1.29, 1.82) is 0 Å². The van der Waals surface area contributed by atoms with Crippen LogP contribution in [0.1, 0.15) is 32.1 Å². The molecular weight excluding hydrogens is 282 g/mol. The van der Waals surface area contributed by atoms with Crippen LogP contribution in [0.2, 0.25) is 0 Å². The Hall–Kier alpha value is -1.89. The van der Waals surface area contributed by atoms with Crippen molar-refractivity contribution in [2.75, 3.05) is 11.9 Å². The third kappa shape index (κ3) is 3.65. The second kappa shape index (κ2) is 6.48. The second-order valence-corrected chi connectivity index (χ2v) is 6.29. The van der Waals surface area contributed by atoms with Crippen LogP contribution in [0.25, 0.3) is 0 Å². The average molecular weight is 305 g/mol. The van der Waals surface area contributed by atoms with Crippen LogP contribution >= 0.6 is 0 Å².